The molecule has 0 heterocycles. The Morgan fingerprint density at radius 3 is 1.75 bits per heavy atom. The van der Waals surface area contributed by atoms with Crippen LogP contribution in [0, 0.1) is 0 Å². The molecule has 0 spiro atoms. The summed E-state index contributed by atoms with van der Waals surface area (Å²) in [5.41, 5.74) is 0.447. The van der Waals surface area contributed by atoms with Crippen LogP contribution in [0.3, 0.4) is 0 Å². The van der Waals surface area contributed by atoms with Crippen LogP contribution in [0.2, 0.25) is 0 Å². The lowest BCUT2D eigenvalue weighted by Gasteiger charge is -1.93. The zero-order chi connectivity index (χ0) is 17.9. The molecule has 2 heteroatoms. The van der Waals surface area contributed by atoms with Crippen LogP contribution in [-0.2, 0) is 4.79 Å². The van der Waals surface area contributed by atoms with Crippen molar-refractivity contribution in [1.82, 2.24) is 0 Å². The molecule has 1 N–H and O–H groups in total. The summed E-state index contributed by atoms with van der Waals surface area (Å²) in [6.07, 6.45) is 29.6. The highest BCUT2D eigenvalue weighted by Crippen LogP contribution is 2.02. The van der Waals surface area contributed by atoms with Gasteiger partial charge in [-0.2, -0.15) is 0 Å². The van der Waals surface area contributed by atoms with Crippen molar-refractivity contribution >= 4 is 5.97 Å². The van der Waals surface area contributed by atoms with Gasteiger partial charge in [0, 0.05) is 5.57 Å². The number of carbonyl (C=O) groups is 1. The van der Waals surface area contributed by atoms with Crippen molar-refractivity contribution in [3.8, 4) is 0 Å². The number of hydrogen-bond acceptors (Lipinski definition) is 1. The molecule has 2 nitrogen and oxygen atoms in total. The number of hydrogen-bond donors (Lipinski definition) is 1. The highest BCUT2D eigenvalue weighted by atomic mass is 16.4. The lowest BCUT2D eigenvalue weighted by Crippen LogP contribution is -1.97. The first kappa shape index (κ1) is 21.9. The van der Waals surface area contributed by atoms with E-state index in [4.69, 9.17) is 5.11 Å². The summed E-state index contributed by atoms with van der Waals surface area (Å²) >= 11 is 0. The molecule has 0 aromatic heterocycles. The van der Waals surface area contributed by atoms with Crippen molar-refractivity contribution < 1.29 is 9.90 Å². The van der Waals surface area contributed by atoms with E-state index in [2.05, 4.69) is 55.5 Å². The van der Waals surface area contributed by atoms with Crippen molar-refractivity contribution in [3.05, 3.63) is 72.4 Å². The Labute approximate surface area is 147 Å². The quantitative estimate of drug-likeness (QED) is 0.180. The highest BCUT2D eigenvalue weighted by molar-refractivity contribution is 5.86. The topological polar surface area (TPSA) is 37.3 Å². The zero-order valence-corrected chi connectivity index (χ0v) is 15.2. The third-order valence-electron chi connectivity index (χ3n) is 3.31. The van der Waals surface area contributed by atoms with Gasteiger partial charge in [-0.05, 0) is 44.9 Å². The monoisotopic (exact) mass is 328 g/mol. The van der Waals surface area contributed by atoms with Crippen LogP contribution in [0.1, 0.15) is 58.8 Å². The second-order valence-electron chi connectivity index (χ2n) is 5.36. The molecule has 132 valence electrons. The molecule has 0 aromatic rings. The maximum absolute atomic E-state index is 10.8. The van der Waals surface area contributed by atoms with Gasteiger partial charge in [-0.3, -0.25) is 0 Å². The average Bonchev–Trinajstić information content (AvgIpc) is 2.57. The number of carboxylic acids is 1. The van der Waals surface area contributed by atoms with Crippen molar-refractivity contribution in [2.45, 2.75) is 58.8 Å². The third kappa shape index (κ3) is 14.8. The van der Waals surface area contributed by atoms with Crippen LogP contribution in [0.4, 0.5) is 0 Å². The molecule has 0 aliphatic rings. The summed E-state index contributed by atoms with van der Waals surface area (Å²) in [6.45, 7) is 3.99. The van der Waals surface area contributed by atoms with Gasteiger partial charge in [0.2, 0.25) is 0 Å². The van der Waals surface area contributed by atoms with Crippen LogP contribution < -0.4 is 0 Å². The number of carboxylic acid groups (broad SMARTS) is 1. The molecular formula is C22H32O2. The summed E-state index contributed by atoms with van der Waals surface area (Å²) in [7, 11) is 0. The molecule has 0 rings (SSSR count). The minimum Gasteiger partial charge on any atom is -0.478 e. The van der Waals surface area contributed by atoms with E-state index in [1.54, 1.807) is 6.08 Å². The van der Waals surface area contributed by atoms with Crippen molar-refractivity contribution in [1.29, 1.82) is 0 Å². The summed E-state index contributed by atoms with van der Waals surface area (Å²) in [5, 5.41) is 8.87. The summed E-state index contributed by atoms with van der Waals surface area (Å²) in [6, 6.07) is 0. The Morgan fingerprint density at radius 2 is 1.25 bits per heavy atom. The van der Waals surface area contributed by atoms with Gasteiger partial charge in [0.1, 0.15) is 0 Å². The standard InChI is InChI=1S/C22H32O2/c1-3-5-6-7-8-9-10-11-12-13-14-15-16-17-18-19-20-21(4-2)22(23)24/h5-6,8-9,11-12,14-15,18-20H,3-4,7,10,13,16-17H2,1-2H3,(H,23,24). The van der Waals surface area contributed by atoms with Gasteiger partial charge in [0.15, 0.2) is 0 Å². The molecule has 0 amide bonds. The normalized spacial score (nSPS) is 13.5. The van der Waals surface area contributed by atoms with Crippen molar-refractivity contribution in [2.24, 2.45) is 0 Å². The van der Waals surface area contributed by atoms with Gasteiger partial charge in [0.05, 0.1) is 0 Å². The van der Waals surface area contributed by atoms with Gasteiger partial charge in [-0.1, -0.05) is 80.7 Å². The molecule has 0 saturated carbocycles. The van der Waals surface area contributed by atoms with E-state index >= 15 is 0 Å². The maximum Gasteiger partial charge on any atom is 0.331 e. The second kappa shape index (κ2) is 17.3. The fraction of sp³-hybridized carbons (Fsp3) is 0.409. The van der Waals surface area contributed by atoms with Crippen LogP contribution in [0.25, 0.3) is 0 Å². The lowest BCUT2D eigenvalue weighted by atomic mass is 10.2. The first-order chi connectivity index (χ1) is 11.7. The zero-order valence-electron chi connectivity index (χ0n) is 15.2. The van der Waals surface area contributed by atoms with Crippen molar-refractivity contribution in [3.63, 3.8) is 0 Å². The van der Waals surface area contributed by atoms with E-state index in [1.165, 1.54) is 0 Å². The fourth-order valence-electron chi connectivity index (χ4n) is 1.91. The van der Waals surface area contributed by atoms with E-state index < -0.39 is 5.97 Å². The fourth-order valence-corrected chi connectivity index (χ4v) is 1.91. The molecule has 0 bridgehead atoms. The first-order valence-corrected chi connectivity index (χ1v) is 8.91. The van der Waals surface area contributed by atoms with E-state index in [1.807, 2.05) is 19.1 Å². The maximum atomic E-state index is 10.8. The molecule has 0 atom stereocenters. The minimum absolute atomic E-state index is 0.447. The molecule has 0 aliphatic carbocycles. The van der Waals surface area contributed by atoms with Crippen LogP contribution in [0.15, 0.2) is 72.4 Å². The number of allylic oxidation sites excluding steroid dienone is 11. The molecular weight excluding hydrogens is 296 g/mol. The number of rotatable bonds is 13. The Hall–Kier alpha value is -2.09. The molecule has 0 radical (unpaired) electrons. The third-order valence-corrected chi connectivity index (χ3v) is 3.31. The first-order valence-electron chi connectivity index (χ1n) is 8.91. The Morgan fingerprint density at radius 1 is 0.750 bits per heavy atom. The highest BCUT2D eigenvalue weighted by Gasteiger charge is 2.00. The van der Waals surface area contributed by atoms with Gasteiger partial charge in [0.25, 0.3) is 0 Å². The van der Waals surface area contributed by atoms with E-state index in [-0.39, 0.29) is 0 Å². The minimum atomic E-state index is -0.832. The summed E-state index contributed by atoms with van der Waals surface area (Å²) in [4.78, 5) is 10.8. The van der Waals surface area contributed by atoms with E-state index in [0.717, 1.165) is 38.5 Å². The summed E-state index contributed by atoms with van der Waals surface area (Å²) in [5.74, 6) is -0.832. The summed E-state index contributed by atoms with van der Waals surface area (Å²) < 4.78 is 0. The molecule has 0 unspecified atom stereocenters. The van der Waals surface area contributed by atoms with E-state index in [0.29, 0.717) is 12.0 Å². The van der Waals surface area contributed by atoms with Gasteiger partial charge in [-0.25, -0.2) is 4.79 Å². The second-order valence-corrected chi connectivity index (χ2v) is 5.36. The smallest absolute Gasteiger partial charge is 0.331 e. The predicted molar refractivity (Wildman–Crippen MR) is 105 cm³/mol. The molecule has 0 fully saturated rings. The molecule has 0 saturated heterocycles. The van der Waals surface area contributed by atoms with Crippen LogP contribution >= 0.6 is 0 Å². The molecule has 24 heavy (non-hydrogen) atoms. The predicted octanol–water partition coefficient (Wildman–Crippen LogP) is 6.55. The molecule has 0 aromatic carbocycles. The van der Waals surface area contributed by atoms with E-state index in [9.17, 15) is 4.79 Å². The molecule has 0 aliphatic heterocycles. The Kier molecular flexibility index (Phi) is 15.8. The number of unbranched alkanes of at least 4 members (excludes halogenated alkanes) is 1. The number of aliphatic carboxylic acids is 1. The Balaban J connectivity index is 3.71. The van der Waals surface area contributed by atoms with Crippen molar-refractivity contribution in [2.75, 3.05) is 0 Å². The SMILES string of the molecule is CCC=CCC=CCC=CCC=CCCC=CC=C(CC)C(=O)O. The largest absolute Gasteiger partial charge is 0.478 e. The van der Waals surface area contributed by atoms with Gasteiger partial charge in [-0.15, -0.1) is 0 Å². The Bertz CT molecular complexity index is 488. The van der Waals surface area contributed by atoms with Crippen LogP contribution in [0.5, 0.6) is 0 Å². The van der Waals surface area contributed by atoms with Crippen LogP contribution in [-0.4, -0.2) is 11.1 Å². The van der Waals surface area contributed by atoms with Gasteiger partial charge >= 0.3 is 5.97 Å². The van der Waals surface area contributed by atoms with Gasteiger partial charge < -0.3 is 5.11 Å². The lowest BCUT2D eigenvalue weighted by molar-refractivity contribution is -0.132. The average molecular weight is 328 g/mol.